The molecule has 0 bridgehead atoms. The van der Waals surface area contributed by atoms with E-state index in [1.54, 1.807) is 7.11 Å². The fourth-order valence-corrected chi connectivity index (χ4v) is 4.83. The molecule has 2 aromatic rings. The molecule has 0 unspecified atom stereocenters. The molecule has 29 heavy (non-hydrogen) atoms. The first kappa shape index (κ1) is 21.7. The molecule has 5 heteroatoms. The van der Waals surface area contributed by atoms with Gasteiger partial charge in [-0.2, -0.15) is 0 Å². The van der Waals surface area contributed by atoms with Gasteiger partial charge >= 0.3 is 0 Å². The topological polar surface area (TPSA) is 32.8 Å². The largest absolute Gasteiger partial charge is 0.497 e. The molecule has 4 nitrogen and oxygen atoms in total. The molecule has 1 aliphatic heterocycles. The Morgan fingerprint density at radius 2 is 1.79 bits per heavy atom. The zero-order valence-electron chi connectivity index (χ0n) is 17.5. The van der Waals surface area contributed by atoms with E-state index in [1.165, 1.54) is 10.5 Å². The molecule has 0 spiro atoms. The van der Waals surface area contributed by atoms with Crippen molar-refractivity contribution in [3.05, 3.63) is 60.2 Å². The Morgan fingerprint density at radius 3 is 2.48 bits per heavy atom. The third-order valence-electron chi connectivity index (χ3n) is 5.42. The first-order valence-corrected chi connectivity index (χ1v) is 11.5. The third kappa shape index (κ3) is 6.51. The van der Waals surface area contributed by atoms with Gasteiger partial charge in [0.25, 0.3) is 0 Å². The molecule has 1 aliphatic rings. The Bertz CT molecular complexity index is 751. The van der Waals surface area contributed by atoms with Crippen LogP contribution in [0.4, 0.5) is 0 Å². The van der Waals surface area contributed by atoms with Gasteiger partial charge in [-0.3, -0.25) is 4.79 Å². The second-order valence-electron chi connectivity index (χ2n) is 7.51. The van der Waals surface area contributed by atoms with Crippen molar-refractivity contribution in [1.82, 2.24) is 9.80 Å². The molecule has 1 heterocycles. The van der Waals surface area contributed by atoms with E-state index in [-0.39, 0.29) is 6.04 Å². The van der Waals surface area contributed by atoms with Gasteiger partial charge in [0.1, 0.15) is 5.75 Å². The maximum atomic E-state index is 13.0. The molecule has 1 fully saturated rings. The predicted molar refractivity (Wildman–Crippen MR) is 121 cm³/mol. The van der Waals surface area contributed by atoms with Crippen LogP contribution in [0.2, 0.25) is 0 Å². The van der Waals surface area contributed by atoms with E-state index >= 15 is 0 Å². The standard InChI is InChI=1S/C24H32N2O2S/c1-3-14-25-15-13-24(27)26(17-16-25)21(18-20-7-5-4-6-8-20)19-29-23-11-9-22(28-2)10-12-23/h4-12,21H,3,13-19H2,1-2H3/t21-/m0/s1. The van der Waals surface area contributed by atoms with Crippen molar-refractivity contribution in [2.75, 3.05) is 39.0 Å². The van der Waals surface area contributed by atoms with Gasteiger partial charge < -0.3 is 14.5 Å². The summed E-state index contributed by atoms with van der Waals surface area (Å²) in [6.07, 6.45) is 2.65. The molecule has 0 aromatic heterocycles. The summed E-state index contributed by atoms with van der Waals surface area (Å²) in [4.78, 5) is 18.7. The molecule has 156 valence electrons. The Morgan fingerprint density at radius 1 is 1.03 bits per heavy atom. The number of ether oxygens (including phenoxy) is 1. The van der Waals surface area contributed by atoms with Crippen LogP contribution >= 0.6 is 11.8 Å². The lowest BCUT2D eigenvalue weighted by Gasteiger charge is -2.31. The minimum atomic E-state index is 0.193. The predicted octanol–water partition coefficient (Wildman–Crippen LogP) is 4.34. The van der Waals surface area contributed by atoms with Crippen molar-refractivity contribution in [3.63, 3.8) is 0 Å². The van der Waals surface area contributed by atoms with Crippen molar-refractivity contribution < 1.29 is 9.53 Å². The molecule has 0 saturated carbocycles. The molecular formula is C24H32N2O2S. The van der Waals surface area contributed by atoms with Crippen molar-refractivity contribution in [3.8, 4) is 5.75 Å². The number of hydrogen-bond acceptors (Lipinski definition) is 4. The highest BCUT2D eigenvalue weighted by Gasteiger charge is 2.27. The van der Waals surface area contributed by atoms with Gasteiger partial charge in [-0.05, 0) is 49.2 Å². The summed E-state index contributed by atoms with van der Waals surface area (Å²) in [6, 6.07) is 18.9. The van der Waals surface area contributed by atoms with Crippen LogP contribution in [0.5, 0.6) is 5.75 Å². The zero-order chi connectivity index (χ0) is 20.5. The number of amides is 1. The van der Waals surface area contributed by atoms with Gasteiger partial charge in [0.2, 0.25) is 5.91 Å². The highest BCUT2D eigenvalue weighted by molar-refractivity contribution is 7.99. The lowest BCUT2D eigenvalue weighted by molar-refractivity contribution is -0.132. The van der Waals surface area contributed by atoms with E-state index in [0.717, 1.165) is 50.5 Å². The Hall–Kier alpha value is -1.98. The first-order valence-electron chi connectivity index (χ1n) is 10.5. The van der Waals surface area contributed by atoms with Gasteiger partial charge in [-0.1, -0.05) is 37.3 Å². The summed E-state index contributed by atoms with van der Waals surface area (Å²) in [5, 5.41) is 0. The van der Waals surface area contributed by atoms with Crippen molar-refractivity contribution in [2.45, 2.75) is 37.1 Å². The molecule has 0 N–H and O–H groups in total. The van der Waals surface area contributed by atoms with Crippen LogP contribution in [0.3, 0.4) is 0 Å². The van der Waals surface area contributed by atoms with Gasteiger partial charge in [0.05, 0.1) is 7.11 Å². The van der Waals surface area contributed by atoms with Crippen LogP contribution in [0.15, 0.2) is 59.5 Å². The van der Waals surface area contributed by atoms with Crippen molar-refractivity contribution in [2.24, 2.45) is 0 Å². The summed E-state index contributed by atoms with van der Waals surface area (Å²) < 4.78 is 5.26. The number of carbonyl (C=O) groups excluding carboxylic acids is 1. The lowest BCUT2D eigenvalue weighted by atomic mass is 10.1. The molecule has 1 atom stereocenters. The maximum absolute atomic E-state index is 13.0. The minimum absolute atomic E-state index is 0.193. The van der Waals surface area contributed by atoms with Crippen LogP contribution in [0.1, 0.15) is 25.3 Å². The molecule has 2 aromatic carbocycles. The Kier molecular flexibility index (Phi) is 8.44. The van der Waals surface area contributed by atoms with Gasteiger partial charge in [-0.25, -0.2) is 0 Å². The van der Waals surface area contributed by atoms with Gasteiger partial charge in [-0.15, -0.1) is 11.8 Å². The average molecular weight is 413 g/mol. The second-order valence-corrected chi connectivity index (χ2v) is 8.60. The molecule has 0 aliphatic carbocycles. The van der Waals surface area contributed by atoms with Crippen LogP contribution in [-0.4, -0.2) is 60.8 Å². The van der Waals surface area contributed by atoms with E-state index in [1.807, 2.05) is 30.0 Å². The number of methoxy groups -OCH3 is 1. The van der Waals surface area contributed by atoms with E-state index < -0.39 is 0 Å². The van der Waals surface area contributed by atoms with Crippen molar-refractivity contribution >= 4 is 17.7 Å². The van der Waals surface area contributed by atoms with Crippen LogP contribution in [0.25, 0.3) is 0 Å². The van der Waals surface area contributed by atoms with E-state index in [9.17, 15) is 4.79 Å². The maximum Gasteiger partial charge on any atom is 0.224 e. The number of thioether (sulfide) groups is 1. The minimum Gasteiger partial charge on any atom is -0.497 e. The summed E-state index contributed by atoms with van der Waals surface area (Å²) in [7, 11) is 1.69. The number of carbonyl (C=O) groups is 1. The van der Waals surface area contributed by atoms with E-state index in [2.05, 4.69) is 53.1 Å². The highest BCUT2D eigenvalue weighted by Crippen LogP contribution is 2.25. The fourth-order valence-electron chi connectivity index (χ4n) is 3.82. The monoisotopic (exact) mass is 412 g/mol. The smallest absolute Gasteiger partial charge is 0.224 e. The molecule has 1 saturated heterocycles. The summed E-state index contributed by atoms with van der Waals surface area (Å²) in [5.74, 6) is 2.05. The average Bonchev–Trinajstić information content (AvgIpc) is 2.94. The van der Waals surface area contributed by atoms with Crippen molar-refractivity contribution in [1.29, 1.82) is 0 Å². The van der Waals surface area contributed by atoms with Gasteiger partial charge in [0, 0.05) is 42.7 Å². The molecule has 1 amide bonds. The summed E-state index contributed by atoms with van der Waals surface area (Å²) in [6.45, 7) is 5.95. The molecule has 0 radical (unpaired) electrons. The van der Waals surface area contributed by atoms with Crippen LogP contribution < -0.4 is 4.74 Å². The summed E-state index contributed by atoms with van der Waals surface area (Å²) >= 11 is 1.82. The fraction of sp³-hybridized carbons (Fsp3) is 0.458. The molecule has 3 rings (SSSR count). The lowest BCUT2D eigenvalue weighted by Crippen LogP contribution is -2.44. The van der Waals surface area contributed by atoms with E-state index in [4.69, 9.17) is 4.74 Å². The first-order chi connectivity index (χ1) is 14.2. The van der Waals surface area contributed by atoms with Crippen LogP contribution in [-0.2, 0) is 11.2 Å². The number of hydrogen-bond donors (Lipinski definition) is 0. The number of benzene rings is 2. The Balaban J connectivity index is 1.71. The quantitative estimate of drug-likeness (QED) is 0.574. The third-order valence-corrected chi connectivity index (χ3v) is 6.57. The van der Waals surface area contributed by atoms with Crippen LogP contribution in [0, 0.1) is 0 Å². The number of nitrogens with zero attached hydrogens (tertiary/aromatic N) is 2. The Labute approximate surface area is 179 Å². The second kappa shape index (κ2) is 11.3. The highest BCUT2D eigenvalue weighted by atomic mass is 32.2. The van der Waals surface area contributed by atoms with Gasteiger partial charge in [0.15, 0.2) is 0 Å². The normalized spacial score (nSPS) is 16.5. The molecular weight excluding hydrogens is 380 g/mol. The number of rotatable bonds is 9. The van der Waals surface area contributed by atoms with E-state index in [0.29, 0.717) is 12.3 Å². The summed E-state index contributed by atoms with van der Waals surface area (Å²) in [5.41, 5.74) is 1.29. The zero-order valence-corrected chi connectivity index (χ0v) is 18.4. The SMILES string of the molecule is CCCN1CCC(=O)N([C@H](CSc2ccc(OC)cc2)Cc2ccccc2)CC1.